The Labute approximate surface area is 122 Å². The van der Waals surface area contributed by atoms with Gasteiger partial charge >= 0.3 is 17.9 Å². The number of carboxylic acid groups (broad SMARTS) is 3. The van der Waals surface area contributed by atoms with E-state index in [1.807, 2.05) is 0 Å². The summed E-state index contributed by atoms with van der Waals surface area (Å²) in [5, 5.41) is 23.6. The van der Waals surface area contributed by atoms with Crippen molar-refractivity contribution in [3.05, 3.63) is 0 Å². The topological polar surface area (TPSA) is 112 Å². The van der Waals surface area contributed by atoms with Crippen LogP contribution in [-0.2, 0) is 14.4 Å². The number of aliphatic carboxylic acids is 3. The van der Waals surface area contributed by atoms with E-state index >= 15 is 0 Å². The van der Waals surface area contributed by atoms with Gasteiger partial charge in [0.25, 0.3) is 0 Å². The Balaban J connectivity index is -0.000000187. The smallest absolute Gasteiger partial charge is 0.304 e. The van der Waals surface area contributed by atoms with Crippen LogP contribution in [0, 0.1) is 0 Å². The van der Waals surface area contributed by atoms with Gasteiger partial charge in [-0.25, -0.2) is 0 Å². The molecule has 0 aromatic carbocycles. The molecule has 0 unspecified atom stereocenters. The first-order valence-corrected chi connectivity index (χ1v) is 6.69. The van der Waals surface area contributed by atoms with Crippen molar-refractivity contribution in [3.63, 3.8) is 0 Å². The van der Waals surface area contributed by atoms with Crippen molar-refractivity contribution in [1.29, 1.82) is 0 Å². The highest BCUT2D eigenvalue weighted by Crippen LogP contribution is 1.80. The van der Waals surface area contributed by atoms with Gasteiger partial charge in [-0.2, -0.15) is 37.9 Å². The van der Waals surface area contributed by atoms with E-state index in [2.05, 4.69) is 37.9 Å². The molecule has 0 aliphatic heterocycles. The number of rotatable bonds is 6. The lowest BCUT2D eigenvalue weighted by Gasteiger charge is -1.79. The minimum Gasteiger partial charge on any atom is -0.481 e. The lowest BCUT2D eigenvalue weighted by atomic mass is 10.5. The molecule has 9 heteroatoms. The predicted molar refractivity (Wildman–Crippen MR) is 78.3 cm³/mol. The van der Waals surface area contributed by atoms with E-state index in [4.69, 9.17) is 15.3 Å². The molecule has 3 N–H and O–H groups in total. The SMILES string of the molecule is O=C(O)CCS.O=C(O)CCS.O=C(O)CCS. The predicted octanol–water partition coefficient (Wildman–Crippen LogP) is 1.17. The van der Waals surface area contributed by atoms with Gasteiger partial charge in [-0.15, -0.1) is 0 Å². The summed E-state index contributed by atoms with van der Waals surface area (Å²) >= 11 is 11.0. The first-order chi connectivity index (χ1) is 8.31. The molecule has 18 heavy (non-hydrogen) atoms. The Morgan fingerprint density at radius 2 is 0.778 bits per heavy atom. The summed E-state index contributed by atoms with van der Waals surface area (Å²) in [7, 11) is 0. The molecule has 0 aromatic heterocycles. The first kappa shape index (κ1) is 22.6. The molecule has 0 fully saturated rings. The molecule has 108 valence electrons. The van der Waals surface area contributed by atoms with Crippen molar-refractivity contribution in [2.24, 2.45) is 0 Å². The molecule has 0 bridgehead atoms. The van der Waals surface area contributed by atoms with Gasteiger partial charge in [0.2, 0.25) is 0 Å². The number of hydrogen-bond acceptors (Lipinski definition) is 6. The van der Waals surface area contributed by atoms with Crippen molar-refractivity contribution in [2.45, 2.75) is 19.3 Å². The third kappa shape index (κ3) is 45.2. The standard InChI is InChI=1S/3C3H6O2S/c3*4-3(5)1-2-6/h3*6H,1-2H2,(H,4,5). The van der Waals surface area contributed by atoms with Crippen LogP contribution in [0.25, 0.3) is 0 Å². The molecule has 6 nitrogen and oxygen atoms in total. The van der Waals surface area contributed by atoms with Crippen LogP contribution >= 0.6 is 37.9 Å². The Bertz CT molecular complexity index is 196. The highest BCUT2D eigenvalue weighted by atomic mass is 32.1. The maximum atomic E-state index is 9.55. The second kappa shape index (κ2) is 18.8. The van der Waals surface area contributed by atoms with Crippen molar-refractivity contribution >= 4 is 55.8 Å². The van der Waals surface area contributed by atoms with Crippen molar-refractivity contribution in [3.8, 4) is 0 Å². The van der Waals surface area contributed by atoms with Crippen LogP contribution in [0.4, 0.5) is 0 Å². The number of carbonyl (C=O) groups is 3. The summed E-state index contributed by atoms with van der Waals surface area (Å²) in [6.07, 6.45) is 0.468. The molecule has 0 radical (unpaired) electrons. The molecular formula is C9H18O6S3. The third-order valence-corrected chi connectivity index (χ3v) is 1.65. The van der Waals surface area contributed by atoms with Gasteiger partial charge in [0.15, 0.2) is 0 Å². The average Bonchev–Trinajstić information content (AvgIpc) is 2.18. The Morgan fingerprint density at radius 3 is 0.778 bits per heavy atom. The van der Waals surface area contributed by atoms with E-state index in [9.17, 15) is 14.4 Å². The molecule has 0 saturated carbocycles. The fourth-order valence-electron chi connectivity index (χ4n) is 0.287. The Morgan fingerprint density at radius 1 is 0.611 bits per heavy atom. The minimum atomic E-state index is -0.787. The molecule has 0 rings (SSSR count). The number of thiol groups is 3. The highest BCUT2D eigenvalue weighted by Gasteiger charge is 1.89. The summed E-state index contributed by atoms with van der Waals surface area (Å²) in [6, 6.07) is 0. The van der Waals surface area contributed by atoms with E-state index in [1.165, 1.54) is 0 Å². The van der Waals surface area contributed by atoms with Crippen LogP contribution in [0.5, 0.6) is 0 Å². The zero-order valence-electron chi connectivity index (χ0n) is 9.65. The van der Waals surface area contributed by atoms with Crippen molar-refractivity contribution in [1.82, 2.24) is 0 Å². The lowest BCUT2D eigenvalue weighted by Crippen LogP contribution is -1.93. The number of carboxylic acids is 3. The molecule has 0 amide bonds. The molecule has 0 spiro atoms. The third-order valence-electron chi connectivity index (χ3n) is 0.977. The van der Waals surface area contributed by atoms with Gasteiger partial charge < -0.3 is 15.3 Å². The van der Waals surface area contributed by atoms with Gasteiger partial charge in [-0.1, -0.05) is 0 Å². The quantitative estimate of drug-likeness (QED) is 0.410. The van der Waals surface area contributed by atoms with Gasteiger partial charge in [0.05, 0.1) is 19.3 Å². The summed E-state index contributed by atoms with van der Waals surface area (Å²) < 4.78 is 0. The van der Waals surface area contributed by atoms with Gasteiger partial charge in [0, 0.05) is 17.3 Å². The van der Waals surface area contributed by atoms with E-state index in [0.29, 0.717) is 17.3 Å². The monoisotopic (exact) mass is 318 g/mol. The maximum absolute atomic E-state index is 9.55. The fraction of sp³-hybridized carbons (Fsp3) is 0.667. The molecule has 0 atom stereocenters. The second-order valence-electron chi connectivity index (χ2n) is 2.60. The van der Waals surface area contributed by atoms with E-state index in [-0.39, 0.29) is 19.3 Å². The second-order valence-corrected chi connectivity index (χ2v) is 3.94. The van der Waals surface area contributed by atoms with Gasteiger partial charge in [-0.3, -0.25) is 14.4 Å². The van der Waals surface area contributed by atoms with Crippen LogP contribution in [0.3, 0.4) is 0 Å². The van der Waals surface area contributed by atoms with E-state index in [1.54, 1.807) is 0 Å². The van der Waals surface area contributed by atoms with E-state index < -0.39 is 17.9 Å². The fourth-order valence-corrected chi connectivity index (χ4v) is 0.861. The summed E-state index contributed by atoms with van der Waals surface area (Å²) in [6.45, 7) is 0. The summed E-state index contributed by atoms with van der Waals surface area (Å²) in [5.41, 5.74) is 0. The van der Waals surface area contributed by atoms with Gasteiger partial charge in [-0.05, 0) is 0 Å². The Hall–Kier alpha value is -0.540. The van der Waals surface area contributed by atoms with Crippen molar-refractivity contribution < 1.29 is 29.7 Å². The Kier molecular flexibility index (Phi) is 23.6. The largest absolute Gasteiger partial charge is 0.481 e. The molecule has 0 aliphatic carbocycles. The zero-order valence-corrected chi connectivity index (χ0v) is 12.3. The zero-order chi connectivity index (χ0) is 15.0. The normalized spacial score (nSPS) is 8.17. The lowest BCUT2D eigenvalue weighted by molar-refractivity contribution is -0.137. The molecular weight excluding hydrogens is 300 g/mol. The number of hydrogen-bond donors (Lipinski definition) is 6. The maximum Gasteiger partial charge on any atom is 0.304 e. The summed E-state index contributed by atoms with van der Waals surface area (Å²) in [5.74, 6) is -1.08. The minimum absolute atomic E-state index is 0.156. The molecule has 0 aromatic rings. The first-order valence-electron chi connectivity index (χ1n) is 4.79. The molecule has 0 saturated heterocycles. The van der Waals surface area contributed by atoms with E-state index in [0.717, 1.165) is 0 Å². The van der Waals surface area contributed by atoms with Gasteiger partial charge in [0.1, 0.15) is 0 Å². The van der Waals surface area contributed by atoms with Crippen LogP contribution < -0.4 is 0 Å². The van der Waals surface area contributed by atoms with Crippen LogP contribution in [0.1, 0.15) is 19.3 Å². The van der Waals surface area contributed by atoms with Crippen LogP contribution in [-0.4, -0.2) is 50.5 Å². The molecule has 0 aliphatic rings. The highest BCUT2D eigenvalue weighted by molar-refractivity contribution is 7.80. The van der Waals surface area contributed by atoms with Crippen molar-refractivity contribution in [2.75, 3.05) is 17.3 Å². The van der Waals surface area contributed by atoms with Crippen LogP contribution in [0.15, 0.2) is 0 Å². The average molecular weight is 318 g/mol. The summed E-state index contributed by atoms with van der Waals surface area (Å²) in [4.78, 5) is 28.7. The van der Waals surface area contributed by atoms with Crippen LogP contribution in [0.2, 0.25) is 0 Å². The molecule has 0 heterocycles.